The van der Waals surface area contributed by atoms with Crippen molar-refractivity contribution in [2.24, 2.45) is 0 Å². The van der Waals surface area contributed by atoms with E-state index < -0.39 is 0 Å². The van der Waals surface area contributed by atoms with E-state index in [2.05, 4.69) is 20.9 Å². The maximum absolute atomic E-state index is 12.9. The summed E-state index contributed by atoms with van der Waals surface area (Å²) >= 11 is 0. The fourth-order valence-electron chi connectivity index (χ4n) is 4.20. The maximum Gasteiger partial charge on any atom is 0.320 e. The first-order chi connectivity index (χ1) is 13.0. The van der Waals surface area contributed by atoms with Gasteiger partial charge < -0.3 is 14.7 Å². The van der Waals surface area contributed by atoms with Gasteiger partial charge in [0.1, 0.15) is 12.1 Å². The number of likely N-dealkylation sites (tertiary alicyclic amines) is 1. The van der Waals surface area contributed by atoms with Crippen LogP contribution in [0.5, 0.6) is 0 Å². The smallest absolute Gasteiger partial charge is 0.320 e. The summed E-state index contributed by atoms with van der Waals surface area (Å²) in [6, 6.07) is 2.06. The molecule has 0 aliphatic carbocycles. The molecule has 0 bridgehead atoms. The van der Waals surface area contributed by atoms with E-state index in [4.69, 9.17) is 5.26 Å². The van der Waals surface area contributed by atoms with E-state index in [1.54, 1.807) is 11.9 Å². The van der Waals surface area contributed by atoms with Crippen LogP contribution in [0.15, 0.2) is 12.7 Å². The fraction of sp³-hybridized carbons (Fsp3) is 0.579. The second kappa shape index (κ2) is 7.91. The molecule has 8 heteroatoms. The van der Waals surface area contributed by atoms with Gasteiger partial charge in [0.2, 0.25) is 0 Å². The van der Waals surface area contributed by atoms with Crippen LogP contribution >= 0.6 is 0 Å². The molecule has 144 valence electrons. The molecule has 0 N–H and O–H groups in total. The maximum atomic E-state index is 12.9. The molecule has 1 spiro atoms. The highest BCUT2D eigenvalue weighted by molar-refractivity contribution is 5.76. The minimum absolute atomic E-state index is 0.0210. The highest BCUT2D eigenvalue weighted by Gasteiger charge is 2.49. The van der Waals surface area contributed by atoms with Crippen LogP contribution in [0.4, 0.5) is 15.0 Å². The van der Waals surface area contributed by atoms with Crippen LogP contribution in [-0.2, 0) is 0 Å². The largest absolute Gasteiger partial charge is 0.354 e. The zero-order chi connectivity index (χ0) is 19.4. The van der Waals surface area contributed by atoms with Crippen molar-refractivity contribution in [2.45, 2.75) is 38.1 Å². The first-order valence-electron chi connectivity index (χ1n) is 9.25. The predicted molar refractivity (Wildman–Crippen MR) is 101 cm³/mol. The van der Waals surface area contributed by atoms with Crippen LogP contribution in [-0.4, -0.2) is 64.6 Å². The van der Waals surface area contributed by atoms with Gasteiger partial charge in [0.15, 0.2) is 0 Å². The number of rotatable bonds is 4. The number of amides is 2. The Hall–Kier alpha value is -2.69. The molecule has 0 saturated carbocycles. The van der Waals surface area contributed by atoms with Crippen molar-refractivity contribution in [3.05, 3.63) is 23.9 Å². The van der Waals surface area contributed by atoms with Gasteiger partial charge in [0.05, 0.1) is 30.1 Å². The Morgan fingerprint density at radius 2 is 2.26 bits per heavy atom. The lowest BCUT2D eigenvalue weighted by atomic mass is 9.95. The Balaban J connectivity index is 1.81. The van der Waals surface area contributed by atoms with Gasteiger partial charge in [-0.05, 0) is 32.3 Å². The van der Waals surface area contributed by atoms with Gasteiger partial charge in [0, 0.05) is 38.8 Å². The standard InChI is InChI=1S/C19H25FN6O/c1-15-16(5-8-20)17(23-14-22-15)25-12-7-19(13-25)6-3-11-26(19)18(27)24(2)10-4-9-21/h5,8,14H,3-4,6-7,10-13H2,1-2H3/b8-5-. The number of anilines is 1. The molecule has 1 aromatic rings. The number of nitriles is 1. The van der Waals surface area contributed by atoms with Crippen molar-refractivity contribution in [1.29, 1.82) is 5.26 Å². The molecule has 2 aliphatic rings. The van der Waals surface area contributed by atoms with E-state index in [9.17, 15) is 9.18 Å². The summed E-state index contributed by atoms with van der Waals surface area (Å²) in [4.78, 5) is 27.2. The Morgan fingerprint density at radius 3 is 3.00 bits per heavy atom. The first kappa shape index (κ1) is 19.1. The lowest BCUT2D eigenvalue weighted by molar-refractivity contribution is 0.128. The van der Waals surface area contributed by atoms with E-state index in [0.717, 1.165) is 38.0 Å². The summed E-state index contributed by atoms with van der Waals surface area (Å²) in [5.41, 5.74) is 1.18. The molecule has 0 radical (unpaired) electrons. The van der Waals surface area contributed by atoms with Gasteiger partial charge in [-0.3, -0.25) is 0 Å². The zero-order valence-corrected chi connectivity index (χ0v) is 15.9. The number of hydrogen-bond acceptors (Lipinski definition) is 5. The molecular weight excluding hydrogens is 347 g/mol. The Morgan fingerprint density at radius 1 is 1.44 bits per heavy atom. The molecule has 2 fully saturated rings. The number of nitrogens with zero attached hydrogens (tertiary/aromatic N) is 6. The van der Waals surface area contributed by atoms with Crippen LogP contribution in [0.1, 0.15) is 36.9 Å². The van der Waals surface area contributed by atoms with E-state index in [0.29, 0.717) is 37.2 Å². The normalized spacial score (nSPS) is 22.0. The lowest BCUT2D eigenvalue weighted by Crippen LogP contribution is -2.53. The summed E-state index contributed by atoms with van der Waals surface area (Å²) in [7, 11) is 1.75. The summed E-state index contributed by atoms with van der Waals surface area (Å²) in [5.74, 6) is 0.713. The van der Waals surface area contributed by atoms with Crippen molar-refractivity contribution < 1.29 is 9.18 Å². The number of hydrogen-bond donors (Lipinski definition) is 0. The number of carbonyl (C=O) groups excluding carboxylic acids is 1. The van der Waals surface area contributed by atoms with Crippen LogP contribution in [0.2, 0.25) is 0 Å². The molecule has 3 heterocycles. The van der Waals surface area contributed by atoms with Crippen LogP contribution < -0.4 is 4.90 Å². The summed E-state index contributed by atoms with van der Waals surface area (Å²) in [5, 5.41) is 8.77. The number of aryl methyl sites for hydroxylation is 1. The molecule has 1 atom stereocenters. The van der Waals surface area contributed by atoms with Crippen molar-refractivity contribution in [2.75, 3.05) is 38.1 Å². The van der Waals surface area contributed by atoms with E-state index in [1.807, 2.05) is 11.8 Å². The molecule has 7 nitrogen and oxygen atoms in total. The summed E-state index contributed by atoms with van der Waals surface area (Å²) < 4.78 is 12.8. The molecule has 3 rings (SSSR count). The van der Waals surface area contributed by atoms with Crippen molar-refractivity contribution in [3.63, 3.8) is 0 Å². The second-order valence-electron chi connectivity index (χ2n) is 7.25. The monoisotopic (exact) mass is 372 g/mol. The van der Waals surface area contributed by atoms with Crippen molar-refractivity contribution >= 4 is 17.9 Å². The number of halogens is 1. The van der Waals surface area contributed by atoms with E-state index in [1.165, 1.54) is 12.4 Å². The fourth-order valence-corrected chi connectivity index (χ4v) is 4.20. The molecule has 1 unspecified atom stereocenters. The van der Waals surface area contributed by atoms with Gasteiger partial charge >= 0.3 is 6.03 Å². The van der Waals surface area contributed by atoms with Gasteiger partial charge in [0.25, 0.3) is 0 Å². The molecule has 2 saturated heterocycles. The minimum Gasteiger partial charge on any atom is -0.354 e. The highest BCUT2D eigenvalue weighted by Crippen LogP contribution is 2.40. The molecule has 2 aliphatic heterocycles. The molecule has 0 aromatic carbocycles. The molecule has 2 amide bonds. The first-order valence-corrected chi connectivity index (χ1v) is 9.25. The third kappa shape index (κ3) is 3.59. The minimum atomic E-state index is -0.229. The van der Waals surface area contributed by atoms with Crippen molar-refractivity contribution in [1.82, 2.24) is 19.8 Å². The van der Waals surface area contributed by atoms with Crippen LogP contribution in [0.3, 0.4) is 0 Å². The third-order valence-electron chi connectivity index (χ3n) is 5.64. The van der Waals surface area contributed by atoms with Gasteiger partial charge in [-0.2, -0.15) is 5.26 Å². The van der Waals surface area contributed by atoms with Crippen molar-refractivity contribution in [3.8, 4) is 6.07 Å². The molecule has 1 aromatic heterocycles. The zero-order valence-electron chi connectivity index (χ0n) is 15.9. The molecule has 27 heavy (non-hydrogen) atoms. The predicted octanol–water partition coefficient (Wildman–Crippen LogP) is 2.74. The average molecular weight is 372 g/mol. The highest BCUT2D eigenvalue weighted by atomic mass is 19.1. The Kier molecular flexibility index (Phi) is 5.59. The molecular formula is C19H25FN6O. The quantitative estimate of drug-likeness (QED) is 0.812. The van der Waals surface area contributed by atoms with E-state index in [-0.39, 0.29) is 11.6 Å². The summed E-state index contributed by atoms with van der Waals surface area (Å²) in [6.07, 6.45) is 6.49. The van der Waals surface area contributed by atoms with Gasteiger partial charge in [-0.15, -0.1) is 0 Å². The lowest BCUT2D eigenvalue weighted by Gasteiger charge is -2.37. The number of aromatic nitrogens is 2. The topological polar surface area (TPSA) is 76.4 Å². The SMILES string of the molecule is Cc1ncnc(N2CCC3(CCCN3C(=O)N(C)CCC#N)C2)c1/C=C\F. The van der Waals surface area contributed by atoms with E-state index >= 15 is 0 Å². The van der Waals surface area contributed by atoms with Crippen LogP contribution in [0, 0.1) is 18.3 Å². The second-order valence-corrected chi connectivity index (χ2v) is 7.25. The Bertz CT molecular complexity index is 776. The van der Waals surface area contributed by atoms with Crippen LogP contribution in [0.25, 0.3) is 6.08 Å². The van der Waals surface area contributed by atoms with Gasteiger partial charge in [-0.1, -0.05) is 0 Å². The Labute approximate surface area is 159 Å². The van der Waals surface area contributed by atoms with Gasteiger partial charge in [-0.25, -0.2) is 19.2 Å². The average Bonchev–Trinajstić information content (AvgIpc) is 3.28. The summed E-state index contributed by atoms with van der Waals surface area (Å²) in [6.45, 7) is 4.43. The number of carbonyl (C=O) groups is 1. The third-order valence-corrected chi connectivity index (χ3v) is 5.64. The number of urea groups is 1.